The van der Waals surface area contributed by atoms with Crippen LogP contribution in [0, 0.1) is 5.82 Å². The monoisotopic (exact) mass is 308 g/mol. The maximum atomic E-state index is 13.5. The van der Waals surface area contributed by atoms with Crippen molar-refractivity contribution >= 4 is 15.9 Å². The van der Waals surface area contributed by atoms with Gasteiger partial charge in [-0.15, -0.1) is 0 Å². The maximum absolute atomic E-state index is 13.5. The van der Waals surface area contributed by atoms with Gasteiger partial charge >= 0.3 is 6.18 Å². The summed E-state index contributed by atoms with van der Waals surface area (Å²) in [6, 6.07) is 5.16. The highest BCUT2D eigenvalue weighted by atomic mass is 79.9. The van der Waals surface area contributed by atoms with Gasteiger partial charge in [-0.25, -0.2) is 4.39 Å². The van der Waals surface area contributed by atoms with Crippen LogP contribution in [0.5, 0.6) is 0 Å². The van der Waals surface area contributed by atoms with E-state index in [1.54, 1.807) is 0 Å². The van der Waals surface area contributed by atoms with Gasteiger partial charge in [0.2, 0.25) is 0 Å². The van der Waals surface area contributed by atoms with Gasteiger partial charge in [-0.2, -0.15) is 13.2 Å². The van der Waals surface area contributed by atoms with E-state index in [1.165, 1.54) is 24.5 Å². The van der Waals surface area contributed by atoms with Gasteiger partial charge in [0.05, 0.1) is 10.7 Å². The molecule has 0 aliphatic rings. The Balaban J connectivity index is 2.73. The minimum absolute atomic E-state index is 0.0243. The molecule has 0 aliphatic carbocycles. The zero-order chi connectivity index (χ0) is 12.6. The molecular formula is C11H5BrF4O. The average molecular weight is 309 g/mol. The number of benzene rings is 1. The van der Waals surface area contributed by atoms with Crippen molar-refractivity contribution in [3.63, 3.8) is 0 Å². The first kappa shape index (κ1) is 12.2. The molecule has 0 amide bonds. The Morgan fingerprint density at radius 3 is 2.35 bits per heavy atom. The molecule has 0 fully saturated rings. The van der Waals surface area contributed by atoms with Gasteiger partial charge < -0.3 is 4.42 Å². The third-order valence-corrected chi connectivity index (χ3v) is 2.78. The minimum atomic E-state index is -4.78. The van der Waals surface area contributed by atoms with Crippen LogP contribution in [0.4, 0.5) is 17.6 Å². The van der Waals surface area contributed by atoms with Crippen molar-refractivity contribution in [1.82, 2.24) is 0 Å². The number of hydrogen-bond acceptors (Lipinski definition) is 1. The van der Waals surface area contributed by atoms with Crippen molar-refractivity contribution in [2.24, 2.45) is 0 Å². The molecule has 0 saturated carbocycles. The summed E-state index contributed by atoms with van der Waals surface area (Å²) >= 11 is 2.73. The molecule has 0 saturated heterocycles. The first-order chi connectivity index (χ1) is 7.91. The highest BCUT2D eigenvalue weighted by Gasteiger charge is 2.38. The Bertz CT molecular complexity index is 531. The van der Waals surface area contributed by atoms with Crippen LogP contribution >= 0.6 is 15.9 Å². The van der Waals surface area contributed by atoms with Crippen LogP contribution in [-0.2, 0) is 6.18 Å². The van der Waals surface area contributed by atoms with Gasteiger partial charge in [0.1, 0.15) is 17.1 Å². The highest BCUT2D eigenvalue weighted by Crippen LogP contribution is 2.41. The molecule has 1 heterocycles. The van der Waals surface area contributed by atoms with Crippen molar-refractivity contribution < 1.29 is 22.0 Å². The van der Waals surface area contributed by atoms with E-state index in [0.29, 0.717) is 0 Å². The molecule has 0 bridgehead atoms. The fourth-order valence-corrected chi connectivity index (χ4v) is 1.80. The minimum Gasteiger partial charge on any atom is -0.464 e. The van der Waals surface area contributed by atoms with Gasteiger partial charge in [0.25, 0.3) is 0 Å². The molecule has 0 spiro atoms. The third-order valence-electron chi connectivity index (χ3n) is 2.16. The summed E-state index contributed by atoms with van der Waals surface area (Å²) in [5, 5.41) is 0. The molecule has 0 radical (unpaired) electrons. The summed E-state index contributed by atoms with van der Waals surface area (Å²) in [5.41, 5.74) is -1.65. The van der Waals surface area contributed by atoms with Gasteiger partial charge in [-0.1, -0.05) is 0 Å². The first-order valence-electron chi connectivity index (χ1n) is 4.50. The van der Waals surface area contributed by atoms with E-state index in [1.807, 2.05) is 0 Å². The lowest BCUT2D eigenvalue weighted by Gasteiger charge is -2.13. The second-order valence-electron chi connectivity index (χ2n) is 3.26. The lowest BCUT2D eigenvalue weighted by Crippen LogP contribution is -2.10. The van der Waals surface area contributed by atoms with E-state index in [2.05, 4.69) is 15.9 Å². The Hall–Kier alpha value is -1.30. The van der Waals surface area contributed by atoms with E-state index < -0.39 is 17.6 Å². The standard InChI is InChI=1S/C11H5BrF4O/c12-7-4-3-6(8-2-1-5-17-8)9(10(7)13)11(14,15)16/h1-5H. The van der Waals surface area contributed by atoms with E-state index in [9.17, 15) is 17.6 Å². The summed E-state index contributed by atoms with van der Waals surface area (Å²) in [5.74, 6) is -1.37. The number of hydrogen-bond donors (Lipinski definition) is 0. The van der Waals surface area contributed by atoms with Crippen molar-refractivity contribution in [2.75, 3.05) is 0 Å². The van der Waals surface area contributed by atoms with Gasteiger partial charge in [0.15, 0.2) is 0 Å². The zero-order valence-corrected chi connectivity index (χ0v) is 9.77. The summed E-state index contributed by atoms with van der Waals surface area (Å²) in [6.45, 7) is 0. The third kappa shape index (κ3) is 2.22. The molecule has 17 heavy (non-hydrogen) atoms. The molecule has 0 N–H and O–H groups in total. The topological polar surface area (TPSA) is 13.1 Å². The van der Waals surface area contributed by atoms with E-state index >= 15 is 0 Å². The molecule has 1 aromatic carbocycles. The Kier molecular flexibility index (Phi) is 2.99. The predicted octanol–water partition coefficient (Wildman–Crippen LogP) is 4.87. The van der Waals surface area contributed by atoms with Crippen molar-refractivity contribution in [3.05, 3.63) is 46.4 Å². The van der Waals surface area contributed by atoms with Crippen LogP contribution in [0.15, 0.2) is 39.4 Å². The zero-order valence-electron chi connectivity index (χ0n) is 8.18. The van der Waals surface area contributed by atoms with E-state index in [-0.39, 0.29) is 15.8 Å². The van der Waals surface area contributed by atoms with Crippen LogP contribution in [-0.4, -0.2) is 0 Å². The normalized spacial score (nSPS) is 11.8. The smallest absolute Gasteiger partial charge is 0.419 e. The quantitative estimate of drug-likeness (QED) is 0.685. The number of alkyl halides is 3. The van der Waals surface area contributed by atoms with Crippen molar-refractivity contribution in [2.45, 2.75) is 6.18 Å². The molecule has 2 rings (SSSR count). The molecule has 1 aromatic heterocycles. The van der Waals surface area contributed by atoms with Crippen molar-refractivity contribution in [1.29, 1.82) is 0 Å². The van der Waals surface area contributed by atoms with Crippen LogP contribution < -0.4 is 0 Å². The van der Waals surface area contributed by atoms with Crippen LogP contribution in [0.25, 0.3) is 11.3 Å². The number of rotatable bonds is 1. The Morgan fingerprint density at radius 1 is 1.12 bits per heavy atom. The summed E-state index contributed by atoms with van der Waals surface area (Å²) < 4.78 is 56.5. The van der Waals surface area contributed by atoms with E-state index in [0.717, 1.165) is 6.07 Å². The number of furan rings is 1. The van der Waals surface area contributed by atoms with E-state index in [4.69, 9.17) is 4.42 Å². The molecule has 1 nitrogen and oxygen atoms in total. The predicted molar refractivity (Wildman–Crippen MR) is 56.8 cm³/mol. The van der Waals surface area contributed by atoms with Gasteiger partial charge in [-0.05, 0) is 40.2 Å². The van der Waals surface area contributed by atoms with Gasteiger partial charge in [-0.3, -0.25) is 0 Å². The first-order valence-corrected chi connectivity index (χ1v) is 5.29. The number of halogens is 5. The molecule has 0 unspecified atom stereocenters. The fourth-order valence-electron chi connectivity index (χ4n) is 1.46. The summed E-state index contributed by atoms with van der Waals surface area (Å²) in [6.07, 6.45) is -3.55. The fraction of sp³-hybridized carbons (Fsp3) is 0.0909. The van der Waals surface area contributed by atoms with Gasteiger partial charge in [0, 0.05) is 5.56 Å². The Labute approximate surface area is 102 Å². The highest BCUT2D eigenvalue weighted by molar-refractivity contribution is 9.10. The maximum Gasteiger partial charge on any atom is 0.419 e. The summed E-state index contributed by atoms with van der Waals surface area (Å²) in [7, 11) is 0. The SMILES string of the molecule is Fc1c(Br)ccc(-c2ccco2)c1C(F)(F)F. The molecule has 6 heteroatoms. The molecule has 0 atom stereocenters. The lowest BCUT2D eigenvalue weighted by molar-refractivity contribution is -0.139. The largest absolute Gasteiger partial charge is 0.464 e. The molecule has 90 valence electrons. The second-order valence-corrected chi connectivity index (χ2v) is 4.11. The average Bonchev–Trinajstić information content (AvgIpc) is 2.73. The van der Waals surface area contributed by atoms with Crippen LogP contribution in [0.3, 0.4) is 0 Å². The second kappa shape index (κ2) is 4.18. The Morgan fingerprint density at radius 2 is 1.82 bits per heavy atom. The lowest BCUT2D eigenvalue weighted by atomic mass is 10.0. The molecular weight excluding hydrogens is 304 g/mol. The van der Waals surface area contributed by atoms with Crippen LogP contribution in [0.2, 0.25) is 0 Å². The summed E-state index contributed by atoms with van der Waals surface area (Å²) in [4.78, 5) is 0. The van der Waals surface area contributed by atoms with Crippen molar-refractivity contribution in [3.8, 4) is 11.3 Å². The molecule has 0 aliphatic heterocycles. The molecule has 2 aromatic rings. The van der Waals surface area contributed by atoms with Crippen LogP contribution in [0.1, 0.15) is 5.56 Å².